The zero-order valence-corrected chi connectivity index (χ0v) is 15.7. The Labute approximate surface area is 156 Å². The molecule has 134 valence electrons. The van der Waals surface area contributed by atoms with Crippen molar-refractivity contribution >= 4 is 29.6 Å². The van der Waals surface area contributed by atoms with E-state index in [-0.39, 0.29) is 5.91 Å². The molecule has 0 fully saturated rings. The van der Waals surface area contributed by atoms with Gasteiger partial charge >= 0.3 is 0 Å². The molecule has 1 amide bonds. The molecule has 2 heterocycles. The maximum atomic E-state index is 12.4. The average Bonchev–Trinajstić information content (AvgIpc) is 3.20. The first-order valence-electron chi connectivity index (χ1n) is 8.88. The van der Waals surface area contributed by atoms with E-state index in [0.717, 1.165) is 35.5 Å². The maximum absolute atomic E-state index is 12.4. The fourth-order valence-corrected chi connectivity index (χ4v) is 3.88. The van der Waals surface area contributed by atoms with Gasteiger partial charge in [0.25, 0.3) is 5.78 Å². The summed E-state index contributed by atoms with van der Waals surface area (Å²) in [6.07, 6.45) is 4.49. The van der Waals surface area contributed by atoms with Crippen LogP contribution in [0.3, 0.4) is 0 Å². The summed E-state index contributed by atoms with van der Waals surface area (Å²) in [6, 6.07) is 6.24. The lowest BCUT2D eigenvalue weighted by molar-refractivity contribution is -0.116. The van der Waals surface area contributed by atoms with Crippen LogP contribution in [0.1, 0.15) is 40.9 Å². The lowest BCUT2D eigenvalue weighted by atomic mass is 10.1. The summed E-state index contributed by atoms with van der Waals surface area (Å²) in [7, 11) is 0. The van der Waals surface area contributed by atoms with E-state index in [4.69, 9.17) is 12.2 Å². The summed E-state index contributed by atoms with van der Waals surface area (Å²) in [4.78, 5) is 21.1. The number of aromatic nitrogens is 4. The Morgan fingerprint density at radius 3 is 2.92 bits per heavy atom. The van der Waals surface area contributed by atoms with Gasteiger partial charge in [0.15, 0.2) is 0 Å². The molecule has 1 aromatic carbocycles. The van der Waals surface area contributed by atoms with Crippen molar-refractivity contribution in [3.8, 4) is 0 Å². The molecule has 7 heteroatoms. The molecular weight excluding hydrogens is 346 g/mol. The van der Waals surface area contributed by atoms with Gasteiger partial charge in [-0.15, -0.1) is 0 Å². The van der Waals surface area contributed by atoms with Crippen molar-refractivity contribution in [1.82, 2.24) is 19.6 Å². The van der Waals surface area contributed by atoms with Crippen LogP contribution in [0.5, 0.6) is 0 Å². The molecule has 6 nitrogen and oxygen atoms in total. The van der Waals surface area contributed by atoms with E-state index in [1.165, 1.54) is 17.5 Å². The van der Waals surface area contributed by atoms with Crippen LogP contribution in [-0.4, -0.2) is 25.5 Å². The highest BCUT2D eigenvalue weighted by molar-refractivity contribution is 7.71. The number of fused-ring (bicyclic) bond motifs is 2. The second-order valence-electron chi connectivity index (χ2n) is 6.81. The molecule has 2 N–H and O–H groups in total. The number of H-pyrrole nitrogens is 1. The molecule has 2 aromatic heterocycles. The Balaban J connectivity index is 1.47. The van der Waals surface area contributed by atoms with E-state index in [1.807, 2.05) is 19.9 Å². The minimum absolute atomic E-state index is 0.0143. The average molecular weight is 367 g/mol. The molecule has 1 aliphatic carbocycles. The number of nitrogens with zero attached hydrogens (tertiary/aromatic N) is 3. The van der Waals surface area contributed by atoms with Gasteiger partial charge in [0.1, 0.15) is 0 Å². The van der Waals surface area contributed by atoms with Crippen molar-refractivity contribution in [3.05, 3.63) is 51.0 Å². The van der Waals surface area contributed by atoms with Gasteiger partial charge in [-0.05, 0) is 80.6 Å². The lowest BCUT2D eigenvalue weighted by Crippen LogP contribution is -2.14. The van der Waals surface area contributed by atoms with E-state index >= 15 is 0 Å². The molecule has 0 saturated carbocycles. The third-order valence-corrected chi connectivity index (χ3v) is 5.25. The fourth-order valence-electron chi connectivity index (χ4n) is 3.71. The van der Waals surface area contributed by atoms with Crippen molar-refractivity contribution < 1.29 is 4.79 Å². The maximum Gasteiger partial charge on any atom is 0.252 e. The van der Waals surface area contributed by atoms with Crippen molar-refractivity contribution in [1.29, 1.82) is 0 Å². The predicted molar refractivity (Wildman–Crippen MR) is 103 cm³/mol. The monoisotopic (exact) mass is 367 g/mol. The van der Waals surface area contributed by atoms with Gasteiger partial charge in [-0.2, -0.15) is 4.98 Å². The van der Waals surface area contributed by atoms with Gasteiger partial charge in [0.05, 0.1) is 0 Å². The van der Waals surface area contributed by atoms with Gasteiger partial charge in [-0.25, -0.2) is 9.50 Å². The van der Waals surface area contributed by atoms with E-state index < -0.39 is 0 Å². The highest BCUT2D eigenvalue weighted by Gasteiger charge is 2.14. The molecule has 0 atom stereocenters. The Morgan fingerprint density at radius 2 is 2.08 bits per heavy atom. The number of carbonyl (C=O) groups is 1. The first-order chi connectivity index (χ1) is 12.5. The molecule has 0 spiro atoms. The van der Waals surface area contributed by atoms with E-state index in [1.54, 1.807) is 4.52 Å². The number of hydrogen-bond donors (Lipinski definition) is 2. The Bertz CT molecular complexity index is 1070. The quantitative estimate of drug-likeness (QED) is 0.693. The summed E-state index contributed by atoms with van der Waals surface area (Å²) >= 11 is 5.08. The molecule has 3 aromatic rings. The summed E-state index contributed by atoms with van der Waals surface area (Å²) in [5, 5.41) is 6.02. The number of amides is 1. The predicted octanol–water partition coefficient (Wildman–Crippen LogP) is 3.46. The molecular formula is C19H21N5OS. The highest BCUT2D eigenvalue weighted by atomic mass is 32.1. The smallest absolute Gasteiger partial charge is 0.252 e. The number of anilines is 1. The van der Waals surface area contributed by atoms with Crippen LogP contribution in [-0.2, 0) is 24.1 Å². The van der Waals surface area contributed by atoms with Crippen LogP contribution in [0, 0.1) is 18.6 Å². The number of benzene rings is 1. The van der Waals surface area contributed by atoms with E-state index in [2.05, 4.69) is 32.5 Å². The van der Waals surface area contributed by atoms with E-state index in [0.29, 0.717) is 23.4 Å². The van der Waals surface area contributed by atoms with Crippen LogP contribution in [0.25, 0.3) is 5.78 Å². The van der Waals surface area contributed by atoms with Crippen LogP contribution in [0.15, 0.2) is 18.2 Å². The largest absolute Gasteiger partial charge is 0.326 e. The number of rotatable bonds is 4. The zero-order chi connectivity index (χ0) is 18.3. The molecule has 0 saturated heterocycles. The first kappa shape index (κ1) is 16.9. The fraction of sp³-hybridized carbons (Fsp3) is 0.368. The van der Waals surface area contributed by atoms with Crippen LogP contribution in [0.2, 0.25) is 0 Å². The molecule has 4 rings (SSSR count). The van der Waals surface area contributed by atoms with Crippen LogP contribution in [0.4, 0.5) is 5.69 Å². The van der Waals surface area contributed by atoms with Crippen molar-refractivity contribution in [3.63, 3.8) is 0 Å². The van der Waals surface area contributed by atoms with Crippen LogP contribution >= 0.6 is 12.2 Å². The van der Waals surface area contributed by atoms with Gasteiger partial charge < -0.3 is 5.32 Å². The summed E-state index contributed by atoms with van der Waals surface area (Å²) in [6.45, 7) is 3.93. The Morgan fingerprint density at radius 1 is 1.27 bits per heavy atom. The second-order valence-corrected chi connectivity index (χ2v) is 7.20. The Kier molecular flexibility index (Phi) is 4.32. The number of nitrogens with one attached hydrogen (secondary N) is 2. The topological polar surface area (TPSA) is 75.1 Å². The molecule has 0 radical (unpaired) electrons. The lowest BCUT2D eigenvalue weighted by Gasteiger charge is -2.11. The first-order valence-corrected chi connectivity index (χ1v) is 9.28. The molecule has 1 aliphatic rings. The minimum Gasteiger partial charge on any atom is -0.326 e. The number of aryl methyl sites for hydroxylation is 4. The second kappa shape index (κ2) is 6.64. The van der Waals surface area contributed by atoms with Crippen LogP contribution < -0.4 is 5.32 Å². The van der Waals surface area contributed by atoms with E-state index in [9.17, 15) is 4.79 Å². The van der Waals surface area contributed by atoms with Gasteiger partial charge in [-0.1, -0.05) is 6.07 Å². The van der Waals surface area contributed by atoms with Gasteiger partial charge in [-0.3, -0.25) is 9.89 Å². The van der Waals surface area contributed by atoms with Crippen molar-refractivity contribution in [2.75, 3.05) is 5.32 Å². The summed E-state index contributed by atoms with van der Waals surface area (Å²) in [5.41, 5.74) is 6.57. The summed E-state index contributed by atoms with van der Waals surface area (Å²) in [5.74, 6) is 0.580. The molecule has 0 unspecified atom stereocenters. The Hall–Kier alpha value is -2.54. The molecule has 0 bridgehead atoms. The van der Waals surface area contributed by atoms with Gasteiger partial charge in [0, 0.05) is 23.5 Å². The number of aromatic amines is 1. The van der Waals surface area contributed by atoms with Gasteiger partial charge in [0.2, 0.25) is 10.7 Å². The zero-order valence-electron chi connectivity index (χ0n) is 14.9. The SMILES string of the molecule is Cc1nc2nc(=S)[nH]n2c(C)c1CCC(=O)Nc1ccc2c(c1)CCC2. The van der Waals surface area contributed by atoms with Crippen molar-refractivity contribution in [2.45, 2.75) is 46.0 Å². The summed E-state index contributed by atoms with van der Waals surface area (Å²) < 4.78 is 2.19. The highest BCUT2D eigenvalue weighted by Crippen LogP contribution is 2.25. The van der Waals surface area contributed by atoms with Crippen molar-refractivity contribution in [2.24, 2.45) is 0 Å². The normalized spacial score (nSPS) is 13.2. The number of hydrogen-bond acceptors (Lipinski definition) is 4. The number of carbonyl (C=O) groups excluding carboxylic acids is 1. The third kappa shape index (κ3) is 3.14. The third-order valence-electron chi connectivity index (χ3n) is 5.07. The molecule has 26 heavy (non-hydrogen) atoms. The molecule has 0 aliphatic heterocycles. The standard InChI is InChI=1S/C19H21N5OS/c1-11-16(12(2)24-18(20-11)22-19(26)23-24)8-9-17(25)21-15-7-6-13-4-3-5-14(13)10-15/h6-7,10H,3-5,8-9H2,1-2H3,(H,21,25)(H,23,26). The minimum atomic E-state index is 0.0143.